The van der Waals surface area contributed by atoms with Crippen molar-refractivity contribution < 1.29 is 4.74 Å². The summed E-state index contributed by atoms with van der Waals surface area (Å²) in [7, 11) is 0. The molecule has 0 fully saturated rings. The third-order valence-corrected chi connectivity index (χ3v) is 3.52. The van der Waals surface area contributed by atoms with Gasteiger partial charge in [0.05, 0.1) is 12.2 Å². The second-order valence-corrected chi connectivity index (χ2v) is 5.81. The third-order valence-electron chi connectivity index (χ3n) is 3.52. The zero-order valence-corrected chi connectivity index (χ0v) is 12.2. The summed E-state index contributed by atoms with van der Waals surface area (Å²) in [6.07, 6.45) is 1.65. The number of para-hydroxylation sites is 1. The molecule has 0 unspecified atom stereocenters. The predicted octanol–water partition coefficient (Wildman–Crippen LogP) is 3.13. The van der Waals surface area contributed by atoms with Gasteiger partial charge in [-0.05, 0) is 32.0 Å². The molecule has 3 rings (SSSR count). The fourth-order valence-electron chi connectivity index (χ4n) is 2.69. The Hall–Kier alpha value is -2.54. The summed E-state index contributed by atoms with van der Waals surface area (Å²) in [5.41, 5.74) is 2.09. The van der Waals surface area contributed by atoms with Crippen molar-refractivity contribution in [1.82, 2.24) is 4.98 Å². The molecular weight excluding hydrogens is 262 g/mol. The van der Waals surface area contributed by atoms with Crippen molar-refractivity contribution >= 4 is 5.69 Å². The number of hydrogen-bond acceptors (Lipinski definition) is 4. The van der Waals surface area contributed by atoms with Gasteiger partial charge in [0.1, 0.15) is 17.4 Å². The largest absolute Gasteiger partial charge is 0.486 e. The number of nitriles is 1. The van der Waals surface area contributed by atoms with Gasteiger partial charge < -0.3 is 9.64 Å². The minimum Gasteiger partial charge on any atom is -0.486 e. The monoisotopic (exact) mass is 279 g/mol. The molecule has 21 heavy (non-hydrogen) atoms. The Morgan fingerprint density at radius 2 is 2.05 bits per heavy atom. The number of nitrogens with zero attached hydrogens (tertiary/aromatic N) is 3. The van der Waals surface area contributed by atoms with E-state index < -0.39 is 0 Å². The van der Waals surface area contributed by atoms with E-state index in [9.17, 15) is 5.26 Å². The molecule has 0 amide bonds. The predicted molar refractivity (Wildman–Crippen MR) is 81.2 cm³/mol. The molecule has 0 atom stereocenters. The van der Waals surface area contributed by atoms with Crippen molar-refractivity contribution in [2.24, 2.45) is 0 Å². The lowest BCUT2D eigenvalue weighted by molar-refractivity contribution is 0.121. The van der Waals surface area contributed by atoms with Crippen molar-refractivity contribution in [2.45, 2.75) is 26.0 Å². The first-order chi connectivity index (χ1) is 10.1. The molecule has 0 saturated heterocycles. The van der Waals surface area contributed by atoms with Crippen LogP contribution in [0.3, 0.4) is 0 Å². The van der Waals surface area contributed by atoms with Crippen LogP contribution in [0, 0.1) is 11.3 Å². The summed E-state index contributed by atoms with van der Waals surface area (Å²) in [6.45, 7) is 5.52. The highest BCUT2D eigenvalue weighted by atomic mass is 16.5. The summed E-state index contributed by atoms with van der Waals surface area (Å²) in [5.74, 6) is 0.910. The average molecular weight is 279 g/mol. The molecule has 1 aromatic carbocycles. The molecule has 1 aliphatic rings. The summed E-state index contributed by atoms with van der Waals surface area (Å²) >= 11 is 0. The van der Waals surface area contributed by atoms with E-state index in [2.05, 4.69) is 35.9 Å². The molecule has 0 radical (unpaired) electrons. The van der Waals surface area contributed by atoms with Gasteiger partial charge in [0.15, 0.2) is 5.69 Å². The van der Waals surface area contributed by atoms with Gasteiger partial charge >= 0.3 is 0 Å². The summed E-state index contributed by atoms with van der Waals surface area (Å²) < 4.78 is 6.12. The number of rotatable bonds is 1. The second-order valence-electron chi connectivity index (χ2n) is 5.81. The second kappa shape index (κ2) is 5.10. The van der Waals surface area contributed by atoms with Crippen LogP contribution in [0.5, 0.6) is 5.75 Å². The molecule has 0 N–H and O–H groups in total. The van der Waals surface area contributed by atoms with Gasteiger partial charge in [-0.25, -0.2) is 4.98 Å². The Bertz CT molecular complexity index is 703. The zero-order chi connectivity index (χ0) is 14.9. The lowest BCUT2D eigenvalue weighted by Crippen LogP contribution is -2.41. The molecule has 0 saturated carbocycles. The molecule has 0 aliphatic carbocycles. The number of benzene rings is 1. The summed E-state index contributed by atoms with van der Waals surface area (Å²) in [5, 5.41) is 9.27. The summed E-state index contributed by atoms with van der Waals surface area (Å²) in [6, 6.07) is 14.0. The maximum Gasteiger partial charge on any atom is 0.163 e. The first-order valence-corrected chi connectivity index (χ1v) is 6.96. The van der Waals surface area contributed by atoms with E-state index in [4.69, 9.17) is 4.74 Å². The van der Waals surface area contributed by atoms with E-state index in [-0.39, 0.29) is 5.60 Å². The van der Waals surface area contributed by atoms with Crippen molar-refractivity contribution in [3.05, 3.63) is 53.9 Å². The van der Waals surface area contributed by atoms with Gasteiger partial charge in [-0.2, -0.15) is 5.26 Å². The molecule has 2 heterocycles. The van der Waals surface area contributed by atoms with Gasteiger partial charge in [-0.3, -0.25) is 0 Å². The van der Waals surface area contributed by atoms with Crippen LogP contribution in [0.4, 0.5) is 5.69 Å². The molecule has 2 aromatic rings. The Balaban J connectivity index is 2.06. The number of hydrogen-bond donors (Lipinski definition) is 0. The Kier molecular flexibility index (Phi) is 3.26. The number of ether oxygens (including phenoxy) is 1. The van der Waals surface area contributed by atoms with Gasteiger partial charge in [0, 0.05) is 18.3 Å². The third kappa shape index (κ3) is 2.68. The minimum atomic E-state index is -0.338. The van der Waals surface area contributed by atoms with Crippen LogP contribution < -0.4 is 9.64 Å². The number of fused-ring (bicyclic) bond motifs is 1. The van der Waals surface area contributed by atoms with E-state index in [1.54, 1.807) is 6.20 Å². The van der Waals surface area contributed by atoms with Crippen LogP contribution in [-0.4, -0.2) is 17.1 Å². The molecular formula is C17H17N3O. The van der Waals surface area contributed by atoms with Crippen molar-refractivity contribution in [1.29, 1.82) is 5.26 Å². The molecule has 1 aliphatic heterocycles. The first-order valence-electron chi connectivity index (χ1n) is 6.96. The maximum absolute atomic E-state index is 9.27. The van der Waals surface area contributed by atoms with E-state index in [1.807, 2.05) is 30.3 Å². The fraction of sp³-hybridized carbons (Fsp3) is 0.294. The molecule has 106 valence electrons. The van der Waals surface area contributed by atoms with Crippen LogP contribution in [0.2, 0.25) is 0 Å². The van der Waals surface area contributed by atoms with Crippen LogP contribution in [-0.2, 0) is 6.54 Å². The standard InChI is InChI=1S/C17H17N3O/c1-17(2)12-20(15-7-5-9-19-14(15)10-18)11-13-6-3-4-8-16(13)21-17/h3-9H,11-12H2,1-2H3. The Labute approximate surface area is 124 Å². The highest BCUT2D eigenvalue weighted by Gasteiger charge is 2.30. The van der Waals surface area contributed by atoms with Crippen LogP contribution >= 0.6 is 0 Å². The van der Waals surface area contributed by atoms with E-state index in [1.165, 1.54) is 0 Å². The highest BCUT2D eigenvalue weighted by Crippen LogP contribution is 2.32. The average Bonchev–Trinajstić information content (AvgIpc) is 2.61. The van der Waals surface area contributed by atoms with Gasteiger partial charge in [0.2, 0.25) is 0 Å². The molecule has 4 heteroatoms. The molecule has 4 nitrogen and oxygen atoms in total. The first kappa shape index (κ1) is 13.4. The lowest BCUT2D eigenvalue weighted by atomic mass is 10.1. The van der Waals surface area contributed by atoms with E-state index in [0.717, 1.165) is 17.0 Å². The zero-order valence-electron chi connectivity index (χ0n) is 12.2. The molecule has 1 aromatic heterocycles. The van der Waals surface area contributed by atoms with Gasteiger partial charge in [-0.1, -0.05) is 18.2 Å². The Morgan fingerprint density at radius 3 is 2.86 bits per heavy atom. The van der Waals surface area contributed by atoms with Crippen molar-refractivity contribution in [2.75, 3.05) is 11.4 Å². The maximum atomic E-state index is 9.27. The van der Waals surface area contributed by atoms with Crippen LogP contribution in [0.1, 0.15) is 25.1 Å². The van der Waals surface area contributed by atoms with E-state index >= 15 is 0 Å². The van der Waals surface area contributed by atoms with E-state index in [0.29, 0.717) is 18.8 Å². The smallest absolute Gasteiger partial charge is 0.163 e. The van der Waals surface area contributed by atoms with Crippen LogP contribution in [0.15, 0.2) is 42.6 Å². The van der Waals surface area contributed by atoms with Crippen LogP contribution in [0.25, 0.3) is 0 Å². The topological polar surface area (TPSA) is 49.2 Å². The van der Waals surface area contributed by atoms with Gasteiger partial charge in [-0.15, -0.1) is 0 Å². The van der Waals surface area contributed by atoms with Crippen molar-refractivity contribution in [3.8, 4) is 11.8 Å². The SMILES string of the molecule is CC1(C)CN(c2cccnc2C#N)Cc2ccccc2O1. The quantitative estimate of drug-likeness (QED) is 0.804. The number of pyridine rings is 1. The fourth-order valence-corrected chi connectivity index (χ4v) is 2.69. The lowest BCUT2D eigenvalue weighted by Gasteiger charge is -2.31. The van der Waals surface area contributed by atoms with Gasteiger partial charge in [0.25, 0.3) is 0 Å². The molecule has 0 spiro atoms. The molecule has 0 bridgehead atoms. The number of anilines is 1. The van der Waals surface area contributed by atoms with Crippen molar-refractivity contribution in [3.63, 3.8) is 0 Å². The Morgan fingerprint density at radius 1 is 1.24 bits per heavy atom. The number of aromatic nitrogens is 1. The summed E-state index contributed by atoms with van der Waals surface area (Å²) in [4.78, 5) is 6.33. The highest BCUT2D eigenvalue weighted by molar-refractivity contribution is 5.57. The minimum absolute atomic E-state index is 0.338. The normalized spacial score (nSPS) is 16.3.